The lowest BCUT2D eigenvalue weighted by atomic mass is 9.60. The van der Waals surface area contributed by atoms with E-state index < -0.39 is 5.60 Å². The first-order chi connectivity index (χ1) is 17.8. The van der Waals surface area contributed by atoms with Crippen LogP contribution in [0, 0.1) is 17.8 Å². The first-order valence-corrected chi connectivity index (χ1v) is 14.0. The Labute approximate surface area is 225 Å². The molecule has 2 bridgehead atoms. The number of allylic oxidation sites excluding steroid dienone is 1. The van der Waals surface area contributed by atoms with Gasteiger partial charge in [-0.3, -0.25) is 4.79 Å². The van der Waals surface area contributed by atoms with E-state index >= 15 is 0 Å². The summed E-state index contributed by atoms with van der Waals surface area (Å²) in [7, 11) is 2.17. The minimum Gasteiger partial charge on any atom is -0.458 e. The summed E-state index contributed by atoms with van der Waals surface area (Å²) in [6.45, 7) is 5.71. The maximum atomic E-state index is 12.8. The van der Waals surface area contributed by atoms with Crippen LogP contribution in [0.5, 0.6) is 0 Å². The molecule has 0 radical (unpaired) electrons. The number of nitrogens with one attached hydrogen (secondary N) is 1. The van der Waals surface area contributed by atoms with Gasteiger partial charge < -0.3 is 14.6 Å². The van der Waals surface area contributed by atoms with E-state index in [1.54, 1.807) is 0 Å². The lowest BCUT2D eigenvalue weighted by Crippen LogP contribution is -2.51. The summed E-state index contributed by atoms with van der Waals surface area (Å²) >= 11 is 6.28. The zero-order valence-corrected chi connectivity index (χ0v) is 22.9. The van der Waals surface area contributed by atoms with Gasteiger partial charge in [0.2, 0.25) is 0 Å². The number of fused-ring (bicyclic) bond motifs is 3. The molecule has 3 aromatic rings. The number of hydrogen-bond acceptors (Lipinski definition) is 4. The molecule has 1 fully saturated rings. The molecule has 2 aromatic carbocycles. The van der Waals surface area contributed by atoms with E-state index in [-0.39, 0.29) is 17.8 Å². The van der Waals surface area contributed by atoms with E-state index in [0.29, 0.717) is 10.9 Å². The fourth-order valence-corrected chi connectivity index (χ4v) is 6.30. The van der Waals surface area contributed by atoms with E-state index in [0.717, 1.165) is 62.1 Å². The van der Waals surface area contributed by atoms with Gasteiger partial charge in [0, 0.05) is 25.3 Å². The summed E-state index contributed by atoms with van der Waals surface area (Å²) in [5.74, 6) is 1.49. The van der Waals surface area contributed by atoms with Crippen LogP contribution in [0.1, 0.15) is 57.3 Å². The molecule has 37 heavy (non-hydrogen) atoms. The molecule has 0 aliphatic heterocycles. The molecule has 0 saturated heterocycles. The van der Waals surface area contributed by atoms with Crippen LogP contribution < -0.4 is 0 Å². The molecule has 1 saturated carbocycles. The van der Waals surface area contributed by atoms with Crippen molar-refractivity contribution >= 4 is 34.2 Å². The summed E-state index contributed by atoms with van der Waals surface area (Å²) in [6, 6.07) is 16.5. The number of benzene rings is 2. The second-order valence-electron chi connectivity index (χ2n) is 11.2. The fourth-order valence-electron chi connectivity index (χ4n) is 6.08. The molecule has 0 spiro atoms. The molecule has 6 rings (SSSR count). The van der Waals surface area contributed by atoms with Crippen molar-refractivity contribution in [3.8, 4) is 0 Å². The number of carbonyl (C=O) groups is 1. The van der Waals surface area contributed by atoms with Gasteiger partial charge >= 0.3 is 5.97 Å². The molecule has 0 unspecified atom stereocenters. The summed E-state index contributed by atoms with van der Waals surface area (Å²) in [6.07, 6.45) is 8.33. The quantitative estimate of drug-likeness (QED) is 0.295. The second-order valence-corrected chi connectivity index (χ2v) is 11.6. The summed E-state index contributed by atoms with van der Waals surface area (Å²) in [5, 5.41) is 0.685. The SMILES string of the molecule is CC(C)C(=O)O[C@@]1(CCN(C)CCCc2nc3c(Cl)cccc3[nH]2)C[C@H]2CC[C@@H]1C=C2c1ccccc1. The zero-order valence-electron chi connectivity index (χ0n) is 22.2. The van der Waals surface area contributed by atoms with Gasteiger partial charge in [0.05, 0.1) is 16.5 Å². The monoisotopic (exact) mass is 519 g/mol. The molecule has 3 aliphatic rings. The van der Waals surface area contributed by atoms with Gasteiger partial charge in [-0.25, -0.2) is 4.98 Å². The van der Waals surface area contributed by atoms with Crippen molar-refractivity contribution in [3.05, 3.63) is 71.0 Å². The van der Waals surface area contributed by atoms with Gasteiger partial charge in [0.1, 0.15) is 16.9 Å². The minimum absolute atomic E-state index is 0.0755. The van der Waals surface area contributed by atoms with Gasteiger partial charge in [-0.2, -0.15) is 0 Å². The first kappa shape index (κ1) is 26.0. The third-order valence-corrected chi connectivity index (χ3v) is 8.48. The number of para-hydroxylation sites is 1. The van der Waals surface area contributed by atoms with E-state index in [9.17, 15) is 4.79 Å². The number of halogens is 1. The number of aromatic nitrogens is 2. The van der Waals surface area contributed by atoms with Crippen LogP contribution in [0.15, 0.2) is 54.6 Å². The molecule has 5 nitrogen and oxygen atoms in total. The van der Waals surface area contributed by atoms with Gasteiger partial charge in [0.15, 0.2) is 0 Å². The van der Waals surface area contributed by atoms with Crippen LogP contribution in [0.3, 0.4) is 0 Å². The van der Waals surface area contributed by atoms with Crippen LogP contribution >= 0.6 is 11.6 Å². The lowest BCUT2D eigenvalue weighted by molar-refractivity contribution is -0.176. The Morgan fingerprint density at radius 2 is 1.97 bits per heavy atom. The minimum atomic E-state index is -0.410. The van der Waals surface area contributed by atoms with Crippen LogP contribution in [0.25, 0.3) is 16.6 Å². The number of imidazole rings is 1. The van der Waals surface area contributed by atoms with E-state index in [1.165, 1.54) is 17.6 Å². The largest absolute Gasteiger partial charge is 0.458 e. The van der Waals surface area contributed by atoms with Crippen molar-refractivity contribution in [1.29, 1.82) is 0 Å². The van der Waals surface area contributed by atoms with Crippen LogP contribution in [0.2, 0.25) is 5.02 Å². The molecule has 0 amide bonds. The number of esters is 1. The molecular formula is C31H38ClN3O2. The van der Waals surface area contributed by atoms with Crippen molar-refractivity contribution in [3.63, 3.8) is 0 Å². The highest BCUT2D eigenvalue weighted by Crippen LogP contribution is 2.53. The second kappa shape index (κ2) is 11.0. The molecule has 196 valence electrons. The van der Waals surface area contributed by atoms with Crippen LogP contribution in [-0.2, 0) is 16.0 Å². The van der Waals surface area contributed by atoms with Gasteiger partial charge in [-0.15, -0.1) is 0 Å². The van der Waals surface area contributed by atoms with E-state index in [4.69, 9.17) is 16.3 Å². The smallest absolute Gasteiger partial charge is 0.308 e. The molecule has 3 atom stereocenters. The standard InChI is InChI=1S/C31H38ClN3O2/c1-21(2)30(36)37-31(20-23-14-15-24(31)19-25(23)22-9-5-4-6-10-22)16-18-35(3)17-8-13-28-33-27-12-7-11-26(32)29(27)34-28/h4-7,9-12,19,21,23-24H,8,13-18,20H2,1-3H3,(H,33,34)/t23-,24-,31+/m1/s1. The Hall–Kier alpha value is -2.63. The normalized spacial score (nSPS) is 23.1. The van der Waals surface area contributed by atoms with E-state index in [1.807, 2.05) is 32.0 Å². The number of rotatable bonds is 10. The number of hydrogen-bond donors (Lipinski definition) is 1. The first-order valence-electron chi connectivity index (χ1n) is 13.7. The Balaban J connectivity index is 1.23. The molecule has 1 heterocycles. The number of aromatic amines is 1. The number of H-pyrrole nitrogens is 1. The predicted octanol–water partition coefficient (Wildman–Crippen LogP) is 6.92. The Bertz CT molecular complexity index is 1270. The summed E-state index contributed by atoms with van der Waals surface area (Å²) in [4.78, 5) is 23.3. The van der Waals surface area contributed by atoms with Gasteiger partial charge in [0.25, 0.3) is 0 Å². The van der Waals surface area contributed by atoms with Crippen LogP contribution in [-0.4, -0.2) is 46.6 Å². The van der Waals surface area contributed by atoms with Crippen LogP contribution in [0.4, 0.5) is 0 Å². The molecule has 1 N–H and O–H groups in total. The fraction of sp³-hybridized carbons (Fsp3) is 0.484. The molecular weight excluding hydrogens is 482 g/mol. The number of carbonyl (C=O) groups excluding carboxylic acids is 1. The Morgan fingerprint density at radius 1 is 1.16 bits per heavy atom. The number of ether oxygens (including phenoxy) is 1. The number of nitrogens with zero attached hydrogens (tertiary/aromatic N) is 2. The van der Waals surface area contributed by atoms with Crippen molar-refractivity contribution in [2.75, 3.05) is 20.1 Å². The third-order valence-electron chi connectivity index (χ3n) is 8.18. The third kappa shape index (κ3) is 5.63. The maximum absolute atomic E-state index is 12.8. The lowest BCUT2D eigenvalue weighted by Gasteiger charge is -2.50. The highest BCUT2D eigenvalue weighted by Gasteiger charge is 2.50. The highest BCUT2D eigenvalue weighted by molar-refractivity contribution is 6.34. The molecule has 1 aromatic heterocycles. The number of aryl methyl sites for hydroxylation is 1. The predicted molar refractivity (Wildman–Crippen MR) is 150 cm³/mol. The summed E-state index contributed by atoms with van der Waals surface area (Å²) < 4.78 is 6.39. The van der Waals surface area contributed by atoms with Crippen molar-refractivity contribution in [1.82, 2.24) is 14.9 Å². The van der Waals surface area contributed by atoms with Crippen molar-refractivity contribution in [2.24, 2.45) is 17.8 Å². The average Bonchev–Trinajstić information content (AvgIpc) is 3.33. The molecule has 6 heteroatoms. The topological polar surface area (TPSA) is 58.2 Å². The molecule has 3 aliphatic carbocycles. The van der Waals surface area contributed by atoms with Crippen molar-refractivity contribution < 1.29 is 9.53 Å². The van der Waals surface area contributed by atoms with Gasteiger partial charge in [-0.1, -0.05) is 67.9 Å². The van der Waals surface area contributed by atoms with E-state index in [2.05, 4.69) is 58.3 Å². The maximum Gasteiger partial charge on any atom is 0.308 e. The highest BCUT2D eigenvalue weighted by atomic mass is 35.5. The van der Waals surface area contributed by atoms with Gasteiger partial charge in [-0.05, 0) is 68.5 Å². The Kier molecular flexibility index (Phi) is 7.73. The summed E-state index contributed by atoms with van der Waals surface area (Å²) in [5.41, 5.74) is 4.17. The Morgan fingerprint density at radius 3 is 2.68 bits per heavy atom. The van der Waals surface area contributed by atoms with Crippen molar-refractivity contribution in [2.45, 2.75) is 58.0 Å². The average molecular weight is 520 g/mol. The zero-order chi connectivity index (χ0) is 26.0.